The van der Waals surface area contributed by atoms with E-state index in [1.54, 1.807) is 0 Å². The summed E-state index contributed by atoms with van der Waals surface area (Å²) in [6, 6.07) is 8.45. The second-order valence-corrected chi connectivity index (χ2v) is 8.20. The smallest absolute Gasteiger partial charge is 0.219 e. The molecule has 1 aromatic carbocycles. The van der Waals surface area contributed by atoms with Gasteiger partial charge in [-0.15, -0.1) is 0 Å². The maximum atomic E-state index is 11.6. The second kappa shape index (κ2) is 14.2. The van der Waals surface area contributed by atoms with Gasteiger partial charge in [0.05, 0.1) is 11.0 Å². The highest BCUT2D eigenvalue weighted by atomic mass is 16.1. The maximum Gasteiger partial charge on any atom is 0.219 e. The number of carbonyl (C=O) groups is 1. The monoisotopic (exact) mass is 399 g/mol. The summed E-state index contributed by atoms with van der Waals surface area (Å²) in [7, 11) is 0. The van der Waals surface area contributed by atoms with Crippen molar-refractivity contribution in [2.75, 3.05) is 6.54 Å². The zero-order valence-electron chi connectivity index (χ0n) is 18.7. The molecule has 2 aromatic rings. The standard InChI is InChI=1S/C25H41N3O/c1-3-5-6-7-8-9-10-11-14-21-28-23-18-13-12-17-22(23)27-24(28)19-15-20-26-25(29)16-4-2/h12-13,17-18H,3-11,14-16,19-21H2,1-2H3,(H,26,29). The number of amides is 1. The Morgan fingerprint density at radius 2 is 1.59 bits per heavy atom. The minimum atomic E-state index is 0.163. The predicted molar refractivity (Wildman–Crippen MR) is 123 cm³/mol. The summed E-state index contributed by atoms with van der Waals surface area (Å²) in [6.07, 6.45) is 15.5. The van der Waals surface area contributed by atoms with Crippen LogP contribution >= 0.6 is 0 Å². The highest BCUT2D eigenvalue weighted by molar-refractivity contribution is 5.76. The molecule has 0 aliphatic rings. The van der Waals surface area contributed by atoms with Gasteiger partial charge in [-0.2, -0.15) is 0 Å². The lowest BCUT2D eigenvalue weighted by Gasteiger charge is -2.10. The molecule has 0 atom stereocenters. The number of imidazole rings is 1. The molecule has 1 N–H and O–H groups in total. The molecule has 0 aliphatic heterocycles. The number of nitrogens with zero attached hydrogens (tertiary/aromatic N) is 2. The third kappa shape index (κ3) is 8.59. The van der Waals surface area contributed by atoms with E-state index in [2.05, 4.69) is 41.1 Å². The van der Waals surface area contributed by atoms with Gasteiger partial charge in [0.2, 0.25) is 5.91 Å². The van der Waals surface area contributed by atoms with Gasteiger partial charge < -0.3 is 9.88 Å². The Kier molecular flexibility index (Phi) is 11.5. The van der Waals surface area contributed by atoms with Gasteiger partial charge in [0.15, 0.2) is 0 Å². The molecule has 0 spiro atoms. The van der Waals surface area contributed by atoms with Crippen LogP contribution in [0.25, 0.3) is 11.0 Å². The number of benzene rings is 1. The van der Waals surface area contributed by atoms with Crippen LogP contribution in [-0.4, -0.2) is 22.0 Å². The average Bonchev–Trinajstić information content (AvgIpc) is 3.08. The number of hydrogen-bond donors (Lipinski definition) is 1. The summed E-state index contributed by atoms with van der Waals surface area (Å²) in [5.74, 6) is 1.33. The molecule has 29 heavy (non-hydrogen) atoms. The van der Waals surface area contributed by atoms with E-state index in [0.29, 0.717) is 6.42 Å². The topological polar surface area (TPSA) is 46.9 Å². The first kappa shape index (κ1) is 23.4. The zero-order valence-corrected chi connectivity index (χ0v) is 18.7. The largest absolute Gasteiger partial charge is 0.356 e. The van der Waals surface area contributed by atoms with Crippen molar-refractivity contribution in [3.8, 4) is 0 Å². The first-order chi connectivity index (χ1) is 14.3. The van der Waals surface area contributed by atoms with E-state index in [9.17, 15) is 4.79 Å². The lowest BCUT2D eigenvalue weighted by molar-refractivity contribution is -0.121. The summed E-state index contributed by atoms with van der Waals surface area (Å²) in [5, 5.41) is 3.02. The quantitative estimate of drug-likeness (QED) is 0.331. The maximum absolute atomic E-state index is 11.6. The van der Waals surface area contributed by atoms with Crippen molar-refractivity contribution in [3.05, 3.63) is 30.1 Å². The summed E-state index contributed by atoms with van der Waals surface area (Å²) >= 11 is 0. The number of rotatable bonds is 16. The van der Waals surface area contributed by atoms with Gasteiger partial charge >= 0.3 is 0 Å². The van der Waals surface area contributed by atoms with Gasteiger partial charge in [0.1, 0.15) is 5.82 Å². The van der Waals surface area contributed by atoms with Crippen LogP contribution in [0.1, 0.15) is 96.7 Å². The van der Waals surface area contributed by atoms with Crippen LogP contribution in [-0.2, 0) is 17.8 Å². The van der Waals surface area contributed by atoms with Crippen LogP contribution in [0.5, 0.6) is 0 Å². The van der Waals surface area contributed by atoms with Crippen LogP contribution in [0.4, 0.5) is 0 Å². The van der Waals surface area contributed by atoms with Gasteiger partial charge in [-0.05, 0) is 31.4 Å². The highest BCUT2D eigenvalue weighted by Crippen LogP contribution is 2.19. The molecule has 162 valence electrons. The van der Waals surface area contributed by atoms with Crippen molar-refractivity contribution < 1.29 is 4.79 Å². The fraction of sp³-hybridized carbons (Fsp3) is 0.680. The molecule has 0 unspecified atom stereocenters. The Balaban J connectivity index is 1.77. The zero-order chi connectivity index (χ0) is 20.7. The van der Waals surface area contributed by atoms with E-state index in [4.69, 9.17) is 4.98 Å². The Bertz CT molecular complexity index is 707. The van der Waals surface area contributed by atoms with E-state index < -0.39 is 0 Å². The first-order valence-corrected chi connectivity index (χ1v) is 12.0. The lowest BCUT2D eigenvalue weighted by atomic mass is 10.1. The van der Waals surface area contributed by atoms with Crippen LogP contribution < -0.4 is 5.32 Å². The van der Waals surface area contributed by atoms with Gasteiger partial charge in [-0.3, -0.25) is 4.79 Å². The van der Waals surface area contributed by atoms with Gasteiger partial charge in [-0.25, -0.2) is 4.98 Å². The van der Waals surface area contributed by atoms with Gasteiger partial charge in [0, 0.05) is 25.9 Å². The molecule has 4 nitrogen and oxygen atoms in total. The van der Waals surface area contributed by atoms with E-state index in [0.717, 1.165) is 43.7 Å². The minimum Gasteiger partial charge on any atom is -0.356 e. The van der Waals surface area contributed by atoms with E-state index in [-0.39, 0.29) is 5.91 Å². The molecule has 0 fully saturated rings. The number of hydrogen-bond acceptors (Lipinski definition) is 2. The van der Waals surface area contributed by atoms with E-state index in [1.807, 2.05) is 6.92 Å². The molecule has 0 bridgehead atoms. The molecular formula is C25H41N3O. The van der Waals surface area contributed by atoms with Crippen molar-refractivity contribution in [1.82, 2.24) is 14.9 Å². The molecule has 1 amide bonds. The van der Waals surface area contributed by atoms with Crippen molar-refractivity contribution in [1.29, 1.82) is 0 Å². The Morgan fingerprint density at radius 1 is 0.897 bits per heavy atom. The van der Waals surface area contributed by atoms with E-state index >= 15 is 0 Å². The van der Waals surface area contributed by atoms with Crippen molar-refractivity contribution >= 4 is 16.9 Å². The molecule has 2 rings (SSSR count). The lowest BCUT2D eigenvalue weighted by Crippen LogP contribution is -2.24. The number of carbonyl (C=O) groups excluding carboxylic acids is 1. The van der Waals surface area contributed by atoms with Crippen molar-refractivity contribution in [2.45, 2.75) is 104 Å². The summed E-state index contributed by atoms with van der Waals surface area (Å²) in [4.78, 5) is 16.5. The summed E-state index contributed by atoms with van der Waals surface area (Å²) < 4.78 is 2.41. The molecule has 0 saturated heterocycles. The normalized spacial score (nSPS) is 11.2. The van der Waals surface area contributed by atoms with E-state index in [1.165, 1.54) is 63.3 Å². The second-order valence-electron chi connectivity index (χ2n) is 8.20. The molecule has 0 aliphatic carbocycles. The summed E-state index contributed by atoms with van der Waals surface area (Å²) in [6.45, 7) is 6.10. The fourth-order valence-corrected chi connectivity index (χ4v) is 3.94. The molecule has 0 radical (unpaired) electrons. The summed E-state index contributed by atoms with van der Waals surface area (Å²) in [5.41, 5.74) is 2.34. The number of para-hydroxylation sites is 2. The molecule has 1 aromatic heterocycles. The number of fused-ring (bicyclic) bond motifs is 1. The Hall–Kier alpha value is -1.84. The van der Waals surface area contributed by atoms with Crippen LogP contribution in [0.15, 0.2) is 24.3 Å². The average molecular weight is 400 g/mol. The fourth-order valence-electron chi connectivity index (χ4n) is 3.94. The molecule has 1 heterocycles. The van der Waals surface area contributed by atoms with Crippen molar-refractivity contribution in [3.63, 3.8) is 0 Å². The third-order valence-corrected chi connectivity index (χ3v) is 5.60. The Labute approximate surface area is 177 Å². The van der Waals surface area contributed by atoms with Gasteiger partial charge in [-0.1, -0.05) is 77.3 Å². The number of nitrogens with one attached hydrogen (secondary N) is 1. The highest BCUT2D eigenvalue weighted by Gasteiger charge is 2.10. The third-order valence-electron chi connectivity index (χ3n) is 5.60. The number of aryl methyl sites for hydroxylation is 2. The molecular weight excluding hydrogens is 358 g/mol. The number of aromatic nitrogens is 2. The van der Waals surface area contributed by atoms with Gasteiger partial charge in [0.25, 0.3) is 0 Å². The first-order valence-electron chi connectivity index (χ1n) is 12.0. The SMILES string of the molecule is CCCCCCCCCCCn1c(CCCNC(=O)CCC)nc2ccccc21. The Morgan fingerprint density at radius 3 is 2.31 bits per heavy atom. The molecule has 0 saturated carbocycles. The molecule has 4 heteroatoms. The van der Waals surface area contributed by atoms with Crippen LogP contribution in [0, 0.1) is 0 Å². The minimum absolute atomic E-state index is 0.163. The van der Waals surface area contributed by atoms with Crippen molar-refractivity contribution in [2.24, 2.45) is 0 Å². The van der Waals surface area contributed by atoms with Crippen LogP contribution in [0.3, 0.4) is 0 Å². The predicted octanol–water partition coefficient (Wildman–Crippen LogP) is 6.42. The number of unbranched alkanes of at least 4 members (excludes halogenated alkanes) is 8. The van der Waals surface area contributed by atoms with Crippen LogP contribution in [0.2, 0.25) is 0 Å².